The highest BCUT2D eigenvalue weighted by Gasteiger charge is 2.45. The summed E-state index contributed by atoms with van der Waals surface area (Å²) in [6, 6.07) is 12.2. The van der Waals surface area contributed by atoms with Crippen LogP contribution in [-0.2, 0) is 14.4 Å². The van der Waals surface area contributed by atoms with Gasteiger partial charge >= 0.3 is 0 Å². The smallest absolute Gasteiger partial charge is 0.264 e. The molecule has 0 saturated carbocycles. The average Bonchev–Trinajstić information content (AvgIpc) is 2.99. The van der Waals surface area contributed by atoms with Crippen molar-refractivity contribution in [2.24, 2.45) is 0 Å². The van der Waals surface area contributed by atoms with Crippen LogP contribution in [0.2, 0.25) is 0 Å². The Morgan fingerprint density at radius 2 is 1.80 bits per heavy atom. The number of carbonyl (C=O) groups excluding carboxylic acids is 5. The van der Waals surface area contributed by atoms with Crippen molar-refractivity contribution in [3.63, 3.8) is 0 Å². The third-order valence-electron chi connectivity index (χ3n) is 4.86. The van der Waals surface area contributed by atoms with Gasteiger partial charge in [0.25, 0.3) is 17.7 Å². The van der Waals surface area contributed by atoms with Crippen molar-refractivity contribution in [3.8, 4) is 5.75 Å². The molecular formula is C21H17N3O6. The van der Waals surface area contributed by atoms with Crippen LogP contribution in [0.3, 0.4) is 0 Å². The Labute approximate surface area is 171 Å². The number of amides is 5. The fraction of sp³-hybridized carbons (Fsp3) is 0.190. The number of nitrogens with one attached hydrogen (secondary N) is 2. The van der Waals surface area contributed by atoms with E-state index in [1.807, 2.05) is 6.07 Å². The zero-order valence-electron chi connectivity index (χ0n) is 15.7. The molecule has 4 rings (SSSR count). The van der Waals surface area contributed by atoms with Gasteiger partial charge in [-0.1, -0.05) is 24.3 Å². The van der Waals surface area contributed by atoms with Crippen molar-refractivity contribution in [2.75, 3.05) is 11.9 Å². The molecule has 2 aliphatic heterocycles. The van der Waals surface area contributed by atoms with Crippen LogP contribution in [0.1, 0.15) is 33.6 Å². The molecular weight excluding hydrogens is 390 g/mol. The minimum absolute atomic E-state index is 0.0141. The van der Waals surface area contributed by atoms with E-state index in [0.717, 1.165) is 4.90 Å². The van der Waals surface area contributed by atoms with Crippen LogP contribution in [-0.4, -0.2) is 47.1 Å². The van der Waals surface area contributed by atoms with Crippen molar-refractivity contribution >= 4 is 35.2 Å². The fourth-order valence-corrected chi connectivity index (χ4v) is 3.47. The standard InChI is InChI=1S/C21H17N3O6/c25-16-10-9-15(19(27)23-16)24-20(28)13-7-4-8-14(18(13)21(24)29)22-17(26)11-30-12-5-2-1-3-6-12/h1-8,15H,9-11H2,(H,22,26)(H,23,25,27). The molecule has 2 aromatic carbocycles. The molecule has 1 fully saturated rings. The zero-order valence-corrected chi connectivity index (χ0v) is 15.7. The normalized spacial score (nSPS) is 18.1. The number of hydrogen-bond acceptors (Lipinski definition) is 6. The molecule has 1 saturated heterocycles. The third-order valence-corrected chi connectivity index (χ3v) is 4.86. The lowest BCUT2D eigenvalue weighted by Crippen LogP contribution is -2.54. The molecule has 0 aliphatic carbocycles. The first-order valence-electron chi connectivity index (χ1n) is 9.28. The number of anilines is 1. The molecule has 9 nitrogen and oxygen atoms in total. The largest absolute Gasteiger partial charge is 0.484 e. The summed E-state index contributed by atoms with van der Waals surface area (Å²) in [6.45, 7) is -0.285. The average molecular weight is 407 g/mol. The number of para-hydroxylation sites is 1. The zero-order chi connectivity index (χ0) is 21.3. The second-order valence-corrected chi connectivity index (χ2v) is 6.83. The Hall–Kier alpha value is -4.01. The van der Waals surface area contributed by atoms with Gasteiger partial charge in [0.2, 0.25) is 11.8 Å². The minimum Gasteiger partial charge on any atom is -0.484 e. The summed E-state index contributed by atoms with van der Waals surface area (Å²) >= 11 is 0. The summed E-state index contributed by atoms with van der Waals surface area (Å²) in [7, 11) is 0. The number of hydrogen-bond donors (Lipinski definition) is 2. The van der Waals surface area contributed by atoms with Crippen LogP contribution in [0.25, 0.3) is 0 Å². The van der Waals surface area contributed by atoms with Crippen LogP contribution in [0.15, 0.2) is 48.5 Å². The van der Waals surface area contributed by atoms with Crippen LogP contribution >= 0.6 is 0 Å². The van der Waals surface area contributed by atoms with E-state index in [0.29, 0.717) is 5.75 Å². The topological polar surface area (TPSA) is 122 Å². The van der Waals surface area contributed by atoms with Gasteiger partial charge in [-0.15, -0.1) is 0 Å². The molecule has 30 heavy (non-hydrogen) atoms. The molecule has 2 aromatic rings. The monoisotopic (exact) mass is 407 g/mol. The molecule has 2 heterocycles. The van der Waals surface area contributed by atoms with E-state index < -0.39 is 35.6 Å². The summed E-state index contributed by atoms with van der Waals surface area (Å²) in [5, 5.41) is 4.73. The van der Waals surface area contributed by atoms with Gasteiger partial charge in [0.15, 0.2) is 6.61 Å². The lowest BCUT2D eigenvalue weighted by molar-refractivity contribution is -0.136. The highest BCUT2D eigenvalue weighted by atomic mass is 16.5. The van der Waals surface area contributed by atoms with Crippen molar-refractivity contribution < 1.29 is 28.7 Å². The van der Waals surface area contributed by atoms with Gasteiger partial charge in [0.05, 0.1) is 16.8 Å². The van der Waals surface area contributed by atoms with Gasteiger partial charge in [-0.3, -0.25) is 34.2 Å². The summed E-state index contributed by atoms with van der Waals surface area (Å²) < 4.78 is 5.39. The first-order chi connectivity index (χ1) is 14.5. The quantitative estimate of drug-likeness (QED) is 0.716. The molecule has 2 aliphatic rings. The molecule has 2 N–H and O–H groups in total. The Kier molecular flexibility index (Phi) is 5.01. The van der Waals surface area contributed by atoms with Crippen molar-refractivity contribution in [3.05, 3.63) is 59.7 Å². The van der Waals surface area contributed by atoms with Crippen LogP contribution in [0.5, 0.6) is 5.75 Å². The molecule has 0 aromatic heterocycles. The second kappa shape index (κ2) is 7.78. The number of benzene rings is 2. The number of rotatable bonds is 5. The first kappa shape index (κ1) is 19.3. The maximum absolute atomic E-state index is 13.0. The summed E-state index contributed by atoms with van der Waals surface area (Å²) in [4.78, 5) is 62.4. The van der Waals surface area contributed by atoms with Gasteiger partial charge < -0.3 is 10.1 Å². The molecule has 0 radical (unpaired) electrons. The van der Waals surface area contributed by atoms with Crippen molar-refractivity contribution in [1.82, 2.24) is 10.2 Å². The molecule has 0 spiro atoms. The number of imide groups is 2. The summed E-state index contributed by atoms with van der Waals surface area (Å²) in [5.74, 6) is -2.46. The summed E-state index contributed by atoms with van der Waals surface area (Å²) in [6.07, 6.45) is 0.0903. The summed E-state index contributed by atoms with van der Waals surface area (Å²) in [5.41, 5.74) is 0.258. The second-order valence-electron chi connectivity index (χ2n) is 6.83. The van der Waals surface area contributed by atoms with Gasteiger partial charge in [-0.2, -0.15) is 0 Å². The Morgan fingerprint density at radius 3 is 2.53 bits per heavy atom. The molecule has 9 heteroatoms. The van der Waals surface area contributed by atoms with Gasteiger partial charge in [-0.25, -0.2) is 0 Å². The maximum atomic E-state index is 13.0. The van der Waals surface area contributed by atoms with E-state index in [1.165, 1.54) is 18.2 Å². The van der Waals surface area contributed by atoms with E-state index in [-0.39, 0.29) is 36.3 Å². The third kappa shape index (κ3) is 3.52. The lowest BCUT2D eigenvalue weighted by atomic mass is 10.0. The number of carbonyl (C=O) groups is 5. The van der Waals surface area contributed by atoms with Crippen LogP contribution in [0, 0.1) is 0 Å². The Balaban J connectivity index is 1.52. The van der Waals surface area contributed by atoms with E-state index in [1.54, 1.807) is 24.3 Å². The van der Waals surface area contributed by atoms with Gasteiger partial charge in [-0.05, 0) is 30.7 Å². The Morgan fingerprint density at radius 1 is 1.03 bits per heavy atom. The minimum atomic E-state index is -1.07. The van der Waals surface area contributed by atoms with Gasteiger partial charge in [0, 0.05) is 6.42 Å². The maximum Gasteiger partial charge on any atom is 0.264 e. The van der Waals surface area contributed by atoms with Gasteiger partial charge in [0.1, 0.15) is 11.8 Å². The van der Waals surface area contributed by atoms with E-state index >= 15 is 0 Å². The number of ether oxygens (including phenoxy) is 1. The number of piperidine rings is 1. The molecule has 1 atom stereocenters. The molecule has 152 valence electrons. The lowest BCUT2D eigenvalue weighted by Gasteiger charge is -2.27. The predicted molar refractivity (Wildman–Crippen MR) is 104 cm³/mol. The molecule has 5 amide bonds. The number of nitrogens with zero attached hydrogens (tertiary/aromatic N) is 1. The van der Waals surface area contributed by atoms with E-state index in [4.69, 9.17) is 4.74 Å². The fourth-order valence-electron chi connectivity index (χ4n) is 3.47. The molecule has 1 unspecified atom stereocenters. The van der Waals surface area contributed by atoms with E-state index in [9.17, 15) is 24.0 Å². The SMILES string of the molecule is O=C1CCC(N2C(=O)c3cccc(NC(=O)COc4ccccc4)c3C2=O)C(=O)N1. The number of fused-ring (bicyclic) bond motifs is 1. The van der Waals surface area contributed by atoms with Crippen molar-refractivity contribution in [1.29, 1.82) is 0 Å². The van der Waals surface area contributed by atoms with E-state index in [2.05, 4.69) is 10.6 Å². The van der Waals surface area contributed by atoms with Crippen LogP contribution < -0.4 is 15.4 Å². The predicted octanol–water partition coefficient (Wildman–Crippen LogP) is 1.11. The Bertz CT molecular complexity index is 1070. The highest BCUT2D eigenvalue weighted by molar-refractivity contribution is 6.26. The van der Waals surface area contributed by atoms with Crippen molar-refractivity contribution in [2.45, 2.75) is 18.9 Å². The van der Waals surface area contributed by atoms with Crippen LogP contribution in [0.4, 0.5) is 5.69 Å². The highest BCUT2D eigenvalue weighted by Crippen LogP contribution is 2.32. The first-order valence-corrected chi connectivity index (χ1v) is 9.28. The molecule has 0 bridgehead atoms.